The number of carbonyl (C=O) groups is 1. The number of nitrogens with zero attached hydrogens (tertiary/aromatic N) is 3. The summed E-state index contributed by atoms with van der Waals surface area (Å²) in [5.74, 6) is 1.53. The summed E-state index contributed by atoms with van der Waals surface area (Å²) in [6, 6.07) is 17.5. The molecule has 0 bridgehead atoms. The molecule has 1 fully saturated rings. The van der Waals surface area contributed by atoms with E-state index < -0.39 is 0 Å². The fourth-order valence-electron chi connectivity index (χ4n) is 4.88. The van der Waals surface area contributed by atoms with E-state index in [1.807, 2.05) is 47.5 Å². The molecule has 1 aliphatic rings. The van der Waals surface area contributed by atoms with E-state index in [0.717, 1.165) is 50.0 Å². The van der Waals surface area contributed by atoms with E-state index in [9.17, 15) is 4.79 Å². The molecular formula is C28H30N4O3. The van der Waals surface area contributed by atoms with E-state index >= 15 is 0 Å². The van der Waals surface area contributed by atoms with Crippen molar-refractivity contribution in [2.45, 2.75) is 32.3 Å². The molecule has 1 amide bonds. The van der Waals surface area contributed by atoms with Gasteiger partial charge >= 0.3 is 0 Å². The SMILES string of the molecule is COc1cccc(C(=O)N2CCC[C@@H](Cc3cccc4[nH]ncc34)CC2)c1OCc1ccccn1. The van der Waals surface area contributed by atoms with Crippen LogP contribution in [0.2, 0.25) is 0 Å². The zero-order chi connectivity index (χ0) is 24.0. The molecular weight excluding hydrogens is 440 g/mol. The van der Waals surface area contributed by atoms with E-state index in [1.54, 1.807) is 13.3 Å². The van der Waals surface area contributed by atoms with Gasteiger partial charge in [0.25, 0.3) is 5.91 Å². The van der Waals surface area contributed by atoms with Gasteiger partial charge in [-0.2, -0.15) is 5.10 Å². The molecule has 1 N–H and O–H groups in total. The highest BCUT2D eigenvalue weighted by Gasteiger charge is 2.26. The third-order valence-electron chi connectivity index (χ3n) is 6.74. The molecule has 35 heavy (non-hydrogen) atoms. The molecule has 0 saturated carbocycles. The Morgan fingerprint density at radius 3 is 2.86 bits per heavy atom. The normalized spacial score (nSPS) is 16.1. The first-order valence-electron chi connectivity index (χ1n) is 12.1. The second-order valence-electron chi connectivity index (χ2n) is 8.99. The van der Waals surface area contributed by atoms with E-state index in [2.05, 4.69) is 33.4 Å². The predicted octanol–water partition coefficient (Wildman–Crippen LogP) is 5.03. The van der Waals surface area contributed by atoms with Gasteiger partial charge in [0.05, 0.1) is 30.1 Å². The number of benzene rings is 2. The van der Waals surface area contributed by atoms with E-state index in [0.29, 0.717) is 23.0 Å². The number of hydrogen-bond acceptors (Lipinski definition) is 5. The minimum atomic E-state index is -0.0162. The van der Waals surface area contributed by atoms with Gasteiger partial charge in [0, 0.05) is 24.7 Å². The Bertz CT molecular complexity index is 1290. The molecule has 4 aromatic rings. The summed E-state index contributed by atoms with van der Waals surface area (Å²) >= 11 is 0. The largest absolute Gasteiger partial charge is 0.493 e. The number of H-pyrrole nitrogens is 1. The Hall–Kier alpha value is -3.87. The van der Waals surface area contributed by atoms with Gasteiger partial charge in [-0.05, 0) is 67.5 Å². The first kappa shape index (κ1) is 22.9. The number of hydrogen-bond donors (Lipinski definition) is 1. The quantitative estimate of drug-likeness (QED) is 0.410. The van der Waals surface area contributed by atoms with Crippen molar-refractivity contribution in [1.82, 2.24) is 20.1 Å². The highest BCUT2D eigenvalue weighted by Crippen LogP contribution is 2.34. The topological polar surface area (TPSA) is 80.3 Å². The van der Waals surface area contributed by atoms with Crippen molar-refractivity contribution in [2.75, 3.05) is 20.2 Å². The fourth-order valence-corrected chi connectivity index (χ4v) is 4.88. The number of likely N-dealkylation sites (tertiary alicyclic amines) is 1. The summed E-state index contributed by atoms with van der Waals surface area (Å²) < 4.78 is 11.6. The number of nitrogens with one attached hydrogen (secondary N) is 1. The molecule has 2 aromatic carbocycles. The third kappa shape index (κ3) is 5.14. The summed E-state index contributed by atoms with van der Waals surface area (Å²) in [4.78, 5) is 19.9. The van der Waals surface area contributed by atoms with E-state index in [1.165, 1.54) is 10.9 Å². The molecule has 3 heterocycles. The number of para-hydroxylation sites is 1. The molecule has 0 radical (unpaired) electrons. The van der Waals surface area contributed by atoms with Gasteiger partial charge in [0.1, 0.15) is 6.61 Å². The standard InChI is InChI=1S/C28H30N4O3/c1-34-26-12-5-10-23(27(26)35-19-22-9-2-3-14-29-22)28(33)32-15-6-7-20(13-16-32)17-21-8-4-11-25-24(21)18-30-31-25/h2-5,8-12,14,18,20H,6-7,13,15-17,19H2,1H3,(H,30,31)/t20-/m1/s1. The molecule has 1 aliphatic heterocycles. The van der Waals surface area contributed by atoms with Crippen LogP contribution in [-0.4, -0.2) is 46.2 Å². The number of fused-ring (bicyclic) bond motifs is 1. The van der Waals surface area contributed by atoms with Crippen LogP contribution in [0.25, 0.3) is 10.9 Å². The first-order valence-corrected chi connectivity index (χ1v) is 12.1. The third-order valence-corrected chi connectivity index (χ3v) is 6.74. The van der Waals surface area contributed by atoms with Crippen LogP contribution in [0.15, 0.2) is 67.0 Å². The van der Waals surface area contributed by atoms with Gasteiger partial charge < -0.3 is 14.4 Å². The monoisotopic (exact) mass is 470 g/mol. The van der Waals surface area contributed by atoms with Gasteiger partial charge in [0.2, 0.25) is 0 Å². The van der Waals surface area contributed by atoms with Crippen LogP contribution in [0.5, 0.6) is 11.5 Å². The van der Waals surface area contributed by atoms with Crippen molar-refractivity contribution >= 4 is 16.8 Å². The van der Waals surface area contributed by atoms with Crippen molar-refractivity contribution in [1.29, 1.82) is 0 Å². The molecule has 7 heteroatoms. The Morgan fingerprint density at radius 2 is 2.00 bits per heavy atom. The molecule has 1 saturated heterocycles. The minimum absolute atomic E-state index is 0.0162. The number of aromatic amines is 1. The zero-order valence-corrected chi connectivity index (χ0v) is 19.9. The maximum Gasteiger partial charge on any atom is 0.257 e. The van der Waals surface area contributed by atoms with Crippen LogP contribution in [0.3, 0.4) is 0 Å². The Kier molecular flexibility index (Phi) is 6.93. The summed E-state index contributed by atoms with van der Waals surface area (Å²) in [7, 11) is 1.59. The van der Waals surface area contributed by atoms with Crippen LogP contribution in [0, 0.1) is 5.92 Å². The van der Waals surface area contributed by atoms with Crippen LogP contribution in [0.4, 0.5) is 0 Å². The number of methoxy groups -OCH3 is 1. The summed E-state index contributed by atoms with van der Waals surface area (Å²) in [6.45, 7) is 1.73. The van der Waals surface area contributed by atoms with Gasteiger partial charge in [-0.1, -0.05) is 24.3 Å². The van der Waals surface area contributed by atoms with E-state index in [-0.39, 0.29) is 12.5 Å². The average molecular weight is 471 g/mol. The van der Waals surface area contributed by atoms with Gasteiger partial charge in [-0.3, -0.25) is 14.9 Å². The Balaban J connectivity index is 1.29. The van der Waals surface area contributed by atoms with Crippen molar-refractivity contribution in [3.63, 3.8) is 0 Å². The van der Waals surface area contributed by atoms with Crippen LogP contribution < -0.4 is 9.47 Å². The van der Waals surface area contributed by atoms with Crippen LogP contribution in [0.1, 0.15) is 40.9 Å². The lowest BCUT2D eigenvalue weighted by atomic mass is 9.91. The molecule has 1 atom stereocenters. The first-order chi connectivity index (χ1) is 17.2. The van der Waals surface area contributed by atoms with Gasteiger partial charge in [0.15, 0.2) is 11.5 Å². The van der Waals surface area contributed by atoms with Gasteiger partial charge in [-0.15, -0.1) is 0 Å². The maximum absolute atomic E-state index is 13.6. The molecule has 7 nitrogen and oxygen atoms in total. The van der Waals surface area contributed by atoms with Gasteiger partial charge in [-0.25, -0.2) is 0 Å². The van der Waals surface area contributed by atoms with Crippen molar-refractivity contribution in [2.24, 2.45) is 5.92 Å². The number of carbonyl (C=O) groups excluding carboxylic acids is 1. The van der Waals surface area contributed by atoms with Crippen LogP contribution in [-0.2, 0) is 13.0 Å². The van der Waals surface area contributed by atoms with Crippen molar-refractivity contribution in [3.05, 3.63) is 83.8 Å². The lowest BCUT2D eigenvalue weighted by Gasteiger charge is -2.23. The lowest BCUT2D eigenvalue weighted by molar-refractivity contribution is 0.0754. The minimum Gasteiger partial charge on any atom is -0.493 e. The van der Waals surface area contributed by atoms with Crippen molar-refractivity contribution < 1.29 is 14.3 Å². The number of aromatic nitrogens is 3. The summed E-state index contributed by atoms with van der Waals surface area (Å²) in [5, 5.41) is 8.44. The molecule has 0 spiro atoms. The smallest absolute Gasteiger partial charge is 0.257 e. The highest BCUT2D eigenvalue weighted by atomic mass is 16.5. The highest BCUT2D eigenvalue weighted by molar-refractivity contribution is 5.97. The summed E-state index contributed by atoms with van der Waals surface area (Å²) in [5.41, 5.74) is 3.71. The maximum atomic E-state index is 13.6. The molecule has 180 valence electrons. The number of pyridine rings is 1. The molecule has 2 aromatic heterocycles. The van der Waals surface area contributed by atoms with Crippen molar-refractivity contribution in [3.8, 4) is 11.5 Å². The number of ether oxygens (including phenoxy) is 2. The Morgan fingerprint density at radius 1 is 1.09 bits per heavy atom. The summed E-state index contributed by atoms with van der Waals surface area (Å²) in [6.07, 6.45) is 7.68. The predicted molar refractivity (Wildman–Crippen MR) is 135 cm³/mol. The second-order valence-corrected chi connectivity index (χ2v) is 8.99. The molecule has 0 unspecified atom stereocenters. The fraction of sp³-hybridized carbons (Fsp3) is 0.321. The number of amides is 1. The lowest BCUT2D eigenvalue weighted by Crippen LogP contribution is -2.32. The van der Waals surface area contributed by atoms with Crippen LogP contribution >= 0.6 is 0 Å². The average Bonchev–Trinajstić information content (AvgIpc) is 3.27. The Labute approximate surface area is 205 Å². The molecule has 0 aliphatic carbocycles. The zero-order valence-electron chi connectivity index (χ0n) is 19.9. The molecule has 5 rings (SSSR count). The van der Waals surface area contributed by atoms with E-state index in [4.69, 9.17) is 9.47 Å². The second kappa shape index (κ2) is 10.6. The number of rotatable bonds is 7.